The monoisotopic (exact) mass is 267 g/mol. The molecule has 0 heterocycles. The van der Waals surface area contributed by atoms with Crippen LogP contribution < -0.4 is 9.47 Å². The summed E-state index contributed by atoms with van der Waals surface area (Å²) in [6, 6.07) is 4.25. The predicted molar refractivity (Wildman–Crippen MR) is 69.6 cm³/mol. The topological polar surface area (TPSA) is 78.7 Å². The fourth-order valence-electron chi connectivity index (χ4n) is 1.41. The largest absolute Gasteiger partial charge is 0.496 e. The molecule has 1 atom stereocenters. The van der Waals surface area contributed by atoms with Crippen LogP contribution in [0.15, 0.2) is 18.2 Å². The number of nitro groups is 1. The molecule has 1 aromatic carbocycles. The van der Waals surface area contributed by atoms with Gasteiger partial charge in [0.25, 0.3) is 0 Å². The fourth-order valence-corrected chi connectivity index (χ4v) is 1.41. The molecule has 6 heteroatoms. The quantitative estimate of drug-likeness (QED) is 0.560. The normalized spacial score (nSPS) is 11.7. The molecule has 0 bridgehead atoms. The van der Waals surface area contributed by atoms with Crippen LogP contribution in [0.3, 0.4) is 0 Å². The molecule has 1 aromatic rings. The SMILES string of the molecule is CCC(C)C(=O)COc1ccc(OC)cc1[N+](=O)[O-]. The van der Waals surface area contributed by atoms with Crippen LogP contribution in [0.25, 0.3) is 0 Å². The molecule has 1 unspecified atom stereocenters. The first kappa shape index (κ1) is 14.9. The summed E-state index contributed by atoms with van der Waals surface area (Å²) in [5, 5.41) is 10.9. The van der Waals surface area contributed by atoms with Crippen LogP contribution in [0.5, 0.6) is 11.5 Å². The minimum Gasteiger partial charge on any atom is -0.496 e. The van der Waals surface area contributed by atoms with Crippen LogP contribution in [0, 0.1) is 16.0 Å². The highest BCUT2D eigenvalue weighted by molar-refractivity contribution is 5.82. The lowest BCUT2D eigenvalue weighted by molar-refractivity contribution is -0.385. The molecule has 1 rings (SSSR count). The lowest BCUT2D eigenvalue weighted by Crippen LogP contribution is -2.18. The number of nitrogens with zero attached hydrogens (tertiary/aromatic N) is 1. The van der Waals surface area contributed by atoms with Gasteiger partial charge in [0.1, 0.15) is 12.4 Å². The highest BCUT2D eigenvalue weighted by Gasteiger charge is 2.18. The van der Waals surface area contributed by atoms with E-state index in [1.54, 1.807) is 13.0 Å². The summed E-state index contributed by atoms with van der Waals surface area (Å²) in [5.41, 5.74) is -0.212. The Bertz CT molecular complexity index is 472. The zero-order chi connectivity index (χ0) is 14.4. The molecule has 6 nitrogen and oxygen atoms in total. The second-order valence-corrected chi connectivity index (χ2v) is 4.16. The minimum atomic E-state index is -0.564. The summed E-state index contributed by atoms with van der Waals surface area (Å²) in [4.78, 5) is 22.0. The van der Waals surface area contributed by atoms with Crippen molar-refractivity contribution in [2.24, 2.45) is 5.92 Å². The lowest BCUT2D eigenvalue weighted by atomic mass is 10.0. The number of carbonyl (C=O) groups is 1. The van der Waals surface area contributed by atoms with Gasteiger partial charge in [-0.1, -0.05) is 13.8 Å². The van der Waals surface area contributed by atoms with Crippen LogP contribution in [-0.4, -0.2) is 24.4 Å². The van der Waals surface area contributed by atoms with Gasteiger partial charge in [-0.15, -0.1) is 0 Å². The molecule has 0 amide bonds. The third-order valence-corrected chi connectivity index (χ3v) is 2.89. The number of hydrogen-bond acceptors (Lipinski definition) is 5. The van der Waals surface area contributed by atoms with E-state index in [1.807, 2.05) is 6.92 Å². The maximum absolute atomic E-state index is 11.6. The molecule has 0 aliphatic rings. The van der Waals surface area contributed by atoms with Gasteiger partial charge < -0.3 is 9.47 Å². The van der Waals surface area contributed by atoms with Crippen molar-refractivity contribution in [2.45, 2.75) is 20.3 Å². The second kappa shape index (κ2) is 6.72. The summed E-state index contributed by atoms with van der Waals surface area (Å²) >= 11 is 0. The van der Waals surface area contributed by atoms with Gasteiger partial charge in [0.15, 0.2) is 11.5 Å². The summed E-state index contributed by atoms with van der Waals surface area (Å²) in [5.74, 6) is 0.250. The standard InChI is InChI=1S/C13H17NO5/c1-4-9(2)12(15)8-19-13-6-5-10(18-3)7-11(13)14(16)17/h5-7,9H,4,8H2,1-3H3. The maximum atomic E-state index is 11.6. The first-order chi connectivity index (χ1) is 8.99. The Labute approximate surface area is 111 Å². The van der Waals surface area contributed by atoms with Crippen molar-refractivity contribution in [3.05, 3.63) is 28.3 Å². The summed E-state index contributed by atoms with van der Waals surface area (Å²) in [7, 11) is 1.42. The van der Waals surface area contributed by atoms with Gasteiger partial charge in [0.05, 0.1) is 18.1 Å². The average molecular weight is 267 g/mol. The summed E-state index contributed by atoms with van der Waals surface area (Å²) in [6.07, 6.45) is 0.715. The van der Waals surface area contributed by atoms with Gasteiger partial charge in [0.2, 0.25) is 0 Å². The van der Waals surface area contributed by atoms with Crippen molar-refractivity contribution >= 4 is 11.5 Å². The Morgan fingerprint density at radius 1 is 1.47 bits per heavy atom. The second-order valence-electron chi connectivity index (χ2n) is 4.16. The van der Waals surface area contributed by atoms with Crippen LogP contribution in [0.2, 0.25) is 0 Å². The van der Waals surface area contributed by atoms with E-state index >= 15 is 0 Å². The molecule has 19 heavy (non-hydrogen) atoms. The number of ether oxygens (including phenoxy) is 2. The number of Topliss-reactive ketones (excluding diaryl/α,β-unsaturated/α-hetero) is 1. The molecule has 0 radical (unpaired) electrons. The number of carbonyl (C=O) groups excluding carboxylic acids is 1. The van der Waals surface area contributed by atoms with Crippen LogP contribution in [0.1, 0.15) is 20.3 Å². The van der Waals surface area contributed by atoms with E-state index in [2.05, 4.69) is 0 Å². The van der Waals surface area contributed by atoms with Gasteiger partial charge in [-0.3, -0.25) is 14.9 Å². The van der Waals surface area contributed by atoms with Crippen molar-refractivity contribution in [3.63, 3.8) is 0 Å². The number of ketones is 1. The number of methoxy groups -OCH3 is 1. The molecule has 0 N–H and O–H groups in total. The Morgan fingerprint density at radius 3 is 2.68 bits per heavy atom. The Balaban J connectivity index is 2.83. The molecule has 0 fully saturated rings. The van der Waals surface area contributed by atoms with E-state index < -0.39 is 4.92 Å². The average Bonchev–Trinajstić information content (AvgIpc) is 2.43. The molecule has 0 spiro atoms. The zero-order valence-corrected chi connectivity index (χ0v) is 11.2. The predicted octanol–water partition coefficient (Wildman–Crippen LogP) is 2.60. The number of benzene rings is 1. The van der Waals surface area contributed by atoms with E-state index in [1.165, 1.54) is 19.2 Å². The molecule has 0 saturated carbocycles. The lowest BCUT2D eigenvalue weighted by Gasteiger charge is -2.10. The molecule has 0 saturated heterocycles. The number of hydrogen-bond donors (Lipinski definition) is 0. The van der Waals surface area contributed by atoms with Crippen molar-refractivity contribution in [1.82, 2.24) is 0 Å². The van der Waals surface area contributed by atoms with Gasteiger partial charge in [-0.25, -0.2) is 0 Å². The van der Waals surface area contributed by atoms with Gasteiger partial charge >= 0.3 is 5.69 Å². The number of rotatable bonds is 7. The smallest absolute Gasteiger partial charge is 0.314 e. The first-order valence-corrected chi connectivity index (χ1v) is 5.97. The molecular weight excluding hydrogens is 250 g/mol. The Hall–Kier alpha value is -2.11. The van der Waals surface area contributed by atoms with E-state index in [9.17, 15) is 14.9 Å². The summed E-state index contributed by atoms with van der Waals surface area (Å²) in [6.45, 7) is 3.54. The molecule has 104 valence electrons. The highest BCUT2D eigenvalue weighted by Crippen LogP contribution is 2.31. The molecular formula is C13H17NO5. The molecule has 0 aromatic heterocycles. The third kappa shape index (κ3) is 3.94. The van der Waals surface area contributed by atoms with E-state index in [0.717, 1.165) is 0 Å². The Kier molecular flexibility index (Phi) is 5.29. The molecule has 0 aliphatic heterocycles. The summed E-state index contributed by atoms with van der Waals surface area (Å²) < 4.78 is 10.2. The third-order valence-electron chi connectivity index (χ3n) is 2.89. The van der Waals surface area contributed by atoms with Crippen LogP contribution in [0.4, 0.5) is 5.69 Å². The van der Waals surface area contributed by atoms with Crippen LogP contribution >= 0.6 is 0 Å². The maximum Gasteiger partial charge on any atom is 0.314 e. The van der Waals surface area contributed by atoms with Crippen LogP contribution in [-0.2, 0) is 4.79 Å². The zero-order valence-electron chi connectivity index (χ0n) is 11.2. The molecule has 0 aliphatic carbocycles. The van der Waals surface area contributed by atoms with Crippen molar-refractivity contribution in [1.29, 1.82) is 0 Å². The van der Waals surface area contributed by atoms with E-state index in [0.29, 0.717) is 12.2 Å². The van der Waals surface area contributed by atoms with Gasteiger partial charge in [-0.2, -0.15) is 0 Å². The number of nitro benzene ring substituents is 1. The van der Waals surface area contributed by atoms with E-state index in [-0.39, 0.29) is 29.7 Å². The fraction of sp³-hybridized carbons (Fsp3) is 0.462. The van der Waals surface area contributed by atoms with E-state index in [4.69, 9.17) is 9.47 Å². The highest BCUT2D eigenvalue weighted by atomic mass is 16.6. The Morgan fingerprint density at radius 2 is 2.16 bits per heavy atom. The minimum absolute atomic E-state index is 0.0717. The van der Waals surface area contributed by atoms with Crippen molar-refractivity contribution in [2.75, 3.05) is 13.7 Å². The van der Waals surface area contributed by atoms with Crippen molar-refractivity contribution < 1.29 is 19.2 Å². The first-order valence-electron chi connectivity index (χ1n) is 5.97. The van der Waals surface area contributed by atoms with Gasteiger partial charge in [-0.05, 0) is 18.6 Å². The van der Waals surface area contributed by atoms with Gasteiger partial charge in [0, 0.05) is 5.92 Å². The van der Waals surface area contributed by atoms with Crippen molar-refractivity contribution in [3.8, 4) is 11.5 Å².